The number of ether oxygens (including phenoxy) is 1. The molecule has 1 heterocycles. The Bertz CT molecular complexity index is 1430. The Morgan fingerprint density at radius 1 is 1.09 bits per heavy atom. The molecule has 2 N–H and O–H groups in total. The van der Waals surface area contributed by atoms with Crippen molar-refractivity contribution in [3.05, 3.63) is 81.4 Å². The lowest BCUT2D eigenvalue weighted by Gasteiger charge is -2.12. The first-order valence-electron chi connectivity index (χ1n) is 10.2. The van der Waals surface area contributed by atoms with Crippen LogP contribution >= 0.6 is 12.2 Å². The Kier molecular flexibility index (Phi) is 6.19. The normalized spacial score (nSPS) is 10.7. The number of aromatic nitrogens is 3. The van der Waals surface area contributed by atoms with Gasteiger partial charge in [0.25, 0.3) is 11.6 Å². The van der Waals surface area contributed by atoms with Gasteiger partial charge >= 0.3 is 0 Å². The third-order valence-corrected chi connectivity index (χ3v) is 5.46. The largest absolute Gasteiger partial charge is 0.497 e. The second kappa shape index (κ2) is 9.24. The highest BCUT2D eigenvalue weighted by Crippen LogP contribution is 2.24. The van der Waals surface area contributed by atoms with Gasteiger partial charge in [0, 0.05) is 22.9 Å². The van der Waals surface area contributed by atoms with Crippen LogP contribution < -0.4 is 15.4 Å². The second-order valence-electron chi connectivity index (χ2n) is 7.46. The maximum atomic E-state index is 12.6. The van der Waals surface area contributed by atoms with Gasteiger partial charge in [-0.1, -0.05) is 6.07 Å². The van der Waals surface area contributed by atoms with Crippen molar-refractivity contribution in [1.82, 2.24) is 20.3 Å². The number of rotatable bonds is 5. The SMILES string of the molecule is COc1ccc(-n2nc3cc(C)c(NC(=S)NC(=O)c4cccc([N+](=O)[O-])c4C)cc3n2)cc1. The molecule has 0 spiro atoms. The molecule has 4 aromatic rings. The smallest absolute Gasteiger partial charge is 0.273 e. The van der Waals surface area contributed by atoms with Crippen molar-refractivity contribution >= 4 is 45.6 Å². The van der Waals surface area contributed by atoms with Crippen molar-refractivity contribution < 1.29 is 14.5 Å². The van der Waals surface area contributed by atoms with Crippen LogP contribution in [-0.2, 0) is 0 Å². The van der Waals surface area contributed by atoms with Crippen LogP contribution in [0.5, 0.6) is 5.75 Å². The molecule has 10 nitrogen and oxygen atoms in total. The average molecular weight is 477 g/mol. The van der Waals surface area contributed by atoms with Gasteiger partial charge < -0.3 is 10.1 Å². The summed E-state index contributed by atoms with van der Waals surface area (Å²) < 4.78 is 5.18. The average Bonchev–Trinajstić information content (AvgIpc) is 3.21. The van der Waals surface area contributed by atoms with Crippen LogP contribution in [-0.4, -0.2) is 38.0 Å². The molecular weight excluding hydrogens is 456 g/mol. The van der Waals surface area contributed by atoms with E-state index < -0.39 is 10.8 Å². The van der Waals surface area contributed by atoms with Crippen LogP contribution in [0.1, 0.15) is 21.5 Å². The van der Waals surface area contributed by atoms with Crippen LogP contribution in [0.4, 0.5) is 11.4 Å². The van der Waals surface area contributed by atoms with Crippen LogP contribution in [0.15, 0.2) is 54.6 Å². The summed E-state index contributed by atoms with van der Waals surface area (Å²) in [7, 11) is 1.60. The number of nitrogens with one attached hydrogen (secondary N) is 2. The number of methoxy groups -OCH3 is 1. The Morgan fingerprint density at radius 2 is 1.76 bits per heavy atom. The molecule has 1 amide bonds. The van der Waals surface area contributed by atoms with E-state index in [-0.39, 0.29) is 21.9 Å². The highest BCUT2D eigenvalue weighted by molar-refractivity contribution is 7.80. The molecular formula is C23H20N6O4S. The summed E-state index contributed by atoms with van der Waals surface area (Å²) in [6.45, 7) is 3.40. The predicted molar refractivity (Wildman–Crippen MR) is 132 cm³/mol. The minimum Gasteiger partial charge on any atom is -0.497 e. The first-order chi connectivity index (χ1) is 16.3. The molecule has 0 unspecified atom stereocenters. The van der Waals surface area contributed by atoms with Crippen molar-refractivity contribution in [2.45, 2.75) is 13.8 Å². The predicted octanol–water partition coefficient (Wildman–Crippen LogP) is 4.08. The number of carbonyl (C=O) groups is 1. The van der Waals surface area contributed by atoms with E-state index in [1.165, 1.54) is 29.9 Å². The number of fused-ring (bicyclic) bond motifs is 1. The van der Waals surface area contributed by atoms with Crippen molar-refractivity contribution in [3.8, 4) is 11.4 Å². The molecule has 3 aromatic carbocycles. The van der Waals surface area contributed by atoms with Crippen LogP contribution in [0.3, 0.4) is 0 Å². The van der Waals surface area contributed by atoms with E-state index in [1.54, 1.807) is 13.2 Å². The standard InChI is InChI=1S/C23H20N6O4S/c1-13-11-19-20(27-28(26-19)15-7-9-16(33-3)10-8-15)12-18(13)24-23(34)25-22(30)17-5-4-6-21(14(17)2)29(31)32/h4-12H,1-3H3,(H2,24,25,30,34). The third kappa shape index (κ3) is 4.55. The fourth-order valence-corrected chi connectivity index (χ4v) is 3.63. The topological polar surface area (TPSA) is 124 Å². The summed E-state index contributed by atoms with van der Waals surface area (Å²) in [4.78, 5) is 24.8. The first-order valence-corrected chi connectivity index (χ1v) is 10.6. The Hall–Kier alpha value is -4.38. The van der Waals surface area contributed by atoms with Crippen molar-refractivity contribution in [1.29, 1.82) is 0 Å². The van der Waals surface area contributed by atoms with Gasteiger partial charge in [-0.05, 0) is 74.1 Å². The number of nitrogens with zero attached hydrogens (tertiary/aromatic N) is 4. The maximum absolute atomic E-state index is 12.6. The maximum Gasteiger partial charge on any atom is 0.273 e. The molecule has 0 aliphatic carbocycles. The number of anilines is 1. The zero-order valence-electron chi connectivity index (χ0n) is 18.5. The zero-order chi connectivity index (χ0) is 24.4. The fraction of sp³-hybridized carbons (Fsp3) is 0.130. The van der Waals surface area contributed by atoms with E-state index in [0.29, 0.717) is 16.7 Å². The van der Waals surface area contributed by atoms with Gasteiger partial charge in [0.15, 0.2) is 5.11 Å². The van der Waals surface area contributed by atoms with E-state index in [4.69, 9.17) is 17.0 Å². The van der Waals surface area contributed by atoms with Crippen LogP contribution in [0, 0.1) is 24.0 Å². The molecule has 0 saturated heterocycles. The molecule has 4 rings (SSSR count). The van der Waals surface area contributed by atoms with Crippen molar-refractivity contribution in [2.24, 2.45) is 0 Å². The number of amides is 1. The van der Waals surface area contributed by atoms with E-state index >= 15 is 0 Å². The van der Waals surface area contributed by atoms with E-state index in [2.05, 4.69) is 20.8 Å². The van der Waals surface area contributed by atoms with Crippen LogP contribution in [0.25, 0.3) is 16.7 Å². The summed E-state index contributed by atoms with van der Waals surface area (Å²) in [6.07, 6.45) is 0. The van der Waals surface area contributed by atoms with Crippen LogP contribution in [0.2, 0.25) is 0 Å². The molecule has 11 heteroatoms. The van der Waals surface area contributed by atoms with Gasteiger partial charge in [0.1, 0.15) is 16.8 Å². The summed E-state index contributed by atoms with van der Waals surface area (Å²) in [6, 6.07) is 15.3. The summed E-state index contributed by atoms with van der Waals surface area (Å²) in [5.74, 6) is 0.196. The molecule has 0 bridgehead atoms. The molecule has 0 fully saturated rings. The Balaban J connectivity index is 1.53. The number of benzene rings is 3. The molecule has 1 aromatic heterocycles. The number of aryl methyl sites for hydroxylation is 1. The number of thiocarbonyl (C=S) groups is 1. The number of nitro benzene ring substituents is 1. The van der Waals surface area contributed by atoms with E-state index in [9.17, 15) is 14.9 Å². The van der Waals surface area contributed by atoms with Gasteiger partial charge in [-0.25, -0.2) is 0 Å². The van der Waals surface area contributed by atoms with Gasteiger partial charge in [0.2, 0.25) is 0 Å². The van der Waals surface area contributed by atoms with Gasteiger partial charge in [-0.3, -0.25) is 20.2 Å². The molecule has 0 atom stereocenters. The second-order valence-corrected chi connectivity index (χ2v) is 7.87. The molecule has 0 saturated carbocycles. The molecule has 34 heavy (non-hydrogen) atoms. The molecule has 172 valence electrons. The Morgan fingerprint density at radius 3 is 2.41 bits per heavy atom. The van der Waals surface area contributed by atoms with Gasteiger partial charge in [0.05, 0.1) is 17.7 Å². The highest BCUT2D eigenvalue weighted by Gasteiger charge is 2.19. The highest BCUT2D eigenvalue weighted by atomic mass is 32.1. The lowest BCUT2D eigenvalue weighted by Crippen LogP contribution is -2.34. The summed E-state index contributed by atoms with van der Waals surface area (Å²) >= 11 is 5.30. The molecule has 0 aliphatic rings. The van der Waals surface area contributed by atoms with E-state index in [1.807, 2.05) is 37.3 Å². The summed E-state index contributed by atoms with van der Waals surface area (Å²) in [5, 5.41) is 25.8. The van der Waals surface area contributed by atoms with Crippen molar-refractivity contribution in [2.75, 3.05) is 12.4 Å². The monoisotopic (exact) mass is 476 g/mol. The lowest BCUT2D eigenvalue weighted by atomic mass is 10.1. The summed E-state index contributed by atoms with van der Waals surface area (Å²) in [5.41, 5.74) is 3.90. The lowest BCUT2D eigenvalue weighted by molar-refractivity contribution is -0.385. The zero-order valence-corrected chi connectivity index (χ0v) is 19.3. The van der Waals surface area contributed by atoms with Crippen molar-refractivity contribution in [3.63, 3.8) is 0 Å². The Labute approximate surface area is 199 Å². The number of hydrogen-bond acceptors (Lipinski definition) is 7. The fourth-order valence-electron chi connectivity index (χ4n) is 3.42. The minimum atomic E-state index is -0.539. The van der Waals surface area contributed by atoms with Gasteiger partial charge in [-0.2, -0.15) is 4.80 Å². The molecule has 0 radical (unpaired) electrons. The number of hydrogen-bond donors (Lipinski definition) is 2. The first kappa shape index (κ1) is 22.8. The number of nitro groups is 1. The minimum absolute atomic E-state index is 0.0564. The number of carbonyl (C=O) groups excluding carboxylic acids is 1. The quantitative estimate of drug-likeness (QED) is 0.251. The van der Waals surface area contributed by atoms with E-state index in [0.717, 1.165) is 17.0 Å². The van der Waals surface area contributed by atoms with Gasteiger partial charge in [-0.15, -0.1) is 10.2 Å². The molecule has 0 aliphatic heterocycles. The third-order valence-electron chi connectivity index (χ3n) is 5.25.